The number of carbonyl (C=O) groups excluding carboxylic acids is 13. The molecule has 1 aliphatic rings. The van der Waals surface area contributed by atoms with Crippen LogP contribution in [-0.4, -0.2) is 247 Å². The van der Waals surface area contributed by atoms with Crippen molar-refractivity contribution in [1.29, 1.82) is 0 Å². The number of carbonyl (C=O) groups is 13. The van der Waals surface area contributed by atoms with E-state index in [4.69, 9.17) is 14.2 Å². The van der Waals surface area contributed by atoms with E-state index in [9.17, 15) is 24.0 Å². The summed E-state index contributed by atoms with van der Waals surface area (Å²) in [5, 5.41) is 2.87. The molecule has 1 fully saturated rings. The third-order valence-electron chi connectivity index (χ3n) is 20.3. The molecule has 1 unspecified atom stereocenters. The van der Waals surface area contributed by atoms with Crippen LogP contribution in [0.25, 0.3) is 0 Å². The van der Waals surface area contributed by atoms with E-state index in [1.165, 1.54) is 105 Å². The van der Waals surface area contributed by atoms with Crippen molar-refractivity contribution in [3.8, 4) is 0 Å². The largest absolute Gasteiger partial charge is 0.459 e. The Balaban J connectivity index is 3.22. The molecule has 0 radical (unpaired) electrons. The number of allylic oxidation sites excluding steroid dienone is 2. The van der Waals surface area contributed by atoms with Gasteiger partial charge in [-0.1, -0.05) is 146 Å². The van der Waals surface area contributed by atoms with Crippen molar-refractivity contribution in [2.24, 2.45) is 59.2 Å². The van der Waals surface area contributed by atoms with Gasteiger partial charge in [-0.05, 0) is 92.9 Å². The van der Waals surface area contributed by atoms with Crippen LogP contribution in [0.3, 0.4) is 0 Å². The van der Waals surface area contributed by atoms with E-state index in [0.29, 0.717) is 0 Å². The number of likely N-dealkylation sites (N-methyl/N-ethyl adjacent to an activating group) is 7. The Morgan fingerprint density at radius 3 is 1.55 bits per heavy atom. The van der Waals surface area contributed by atoms with Gasteiger partial charge in [0.2, 0.25) is 47.3 Å². The molecule has 1 aromatic carbocycles. The zero-order chi connectivity index (χ0) is 79.6. The SMILES string of the molecule is C/C=C/C[C@@H](C)[C@@H](OC(C)=O)[C@H]1C(=O)N[C@@H](CC)C(=O)N(C)[C@H](CCCN(C)C(=O)OCc2ccccc2)C(=O)N(C)C([C@H](C)COC)C(=O)C[C@@H](C(C)C)C(=O)N(C)[C@@H](CC(C)C)C(=O)C[C@@H](C)C(=O)C[C@H](C)C(=O)N(C)[C@@H](CC(C)C)C(=O)N(C)[C@@H](CC(C)C)C(=O)N(C)[C@@H](C(C)C)C(=O)N1C. The number of ketones is 3. The quantitative estimate of drug-likeness (QED) is 0.0791. The lowest BCUT2D eigenvalue weighted by Gasteiger charge is -2.42. The van der Waals surface area contributed by atoms with Crippen molar-refractivity contribution in [3.63, 3.8) is 0 Å². The minimum atomic E-state index is -1.68. The van der Waals surface area contributed by atoms with E-state index < -0.39 is 179 Å². The van der Waals surface area contributed by atoms with Crippen LogP contribution in [0.4, 0.5) is 4.79 Å². The van der Waals surface area contributed by atoms with Gasteiger partial charge >= 0.3 is 12.1 Å². The molecule has 1 aromatic rings. The fourth-order valence-electron chi connectivity index (χ4n) is 14.0. The number of Topliss-reactive ketones (excluding diaryl/α,β-unsaturated/α-hetero) is 3. The lowest BCUT2D eigenvalue weighted by Crippen LogP contribution is -2.64. The molecule has 0 saturated carbocycles. The lowest BCUT2D eigenvalue weighted by molar-refractivity contribution is -0.164. The van der Waals surface area contributed by atoms with Gasteiger partial charge in [0.25, 0.3) is 0 Å². The highest BCUT2D eigenvalue weighted by molar-refractivity contribution is 6.00. The fraction of sp³-hybridized carbons (Fsp3) is 0.734. The van der Waals surface area contributed by atoms with E-state index in [0.717, 1.165) is 10.5 Å². The topological polar surface area (TPSA) is 288 Å². The second-order valence-electron chi connectivity index (χ2n) is 31.2. The summed E-state index contributed by atoms with van der Waals surface area (Å²) in [4.78, 5) is 204. The summed E-state index contributed by atoms with van der Waals surface area (Å²) in [5.41, 5.74) is 0.756. The minimum absolute atomic E-state index is 0.0122. The first-order valence-electron chi connectivity index (χ1n) is 37.4. The molecule has 588 valence electrons. The first-order chi connectivity index (χ1) is 48.4. The molecule has 25 heteroatoms. The molecule has 2 rings (SSSR count). The molecule has 104 heavy (non-hydrogen) atoms. The molecular weight excluding hydrogens is 1330 g/mol. The van der Waals surface area contributed by atoms with Gasteiger partial charge in [-0.15, -0.1) is 0 Å². The van der Waals surface area contributed by atoms with Crippen LogP contribution in [0, 0.1) is 59.2 Å². The van der Waals surface area contributed by atoms with Gasteiger partial charge in [0, 0.05) is 120 Å². The van der Waals surface area contributed by atoms with E-state index >= 15 is 38.4 Å². The third-order valence-corrected chi connectivity index (χ3v) is 20.3. The van der Waals surface area contributed by atoms with Gasteiger partial charge in [-0.3, -0.25) is 57.5 Å². The number of methoxy groups -OCH3 is 1. The van der Waals surface area contributed by atoms with Gasteiger partial charge in [-0.2, -0.15) is 0 Å². The first kappa shape index (κ1) is 92.5. The number of hydrogen-bond donors (Lipinski definition) is 1. The molecule has 1 saturated heterocycles. The maximum Gasteiger partial charge on any atom is 0.409 e. The summed E-state index contributed by atoms with van der Waals surface area (Å²) >= 11 is 0. The molecule has 1 N–H and O–H groups in total. The molecule has 0 aliphatic carbocycles. The Morgan fingerprint density at radius 2 is 1.05 bits per heavy atom. The number of rotatable bonds is 23. The van der Waals surface area contributed by atoms with E-state index in [-0.39, 0.29) is 95.3 Å². The Morgan fingerprint density at radius 1 is 0.567 bits per heavy atom. The normalized spacial score (nSPS) is 25.2. The van der Waals surface area contributed by atoms with Crippen LogP contribution in [-0.2, 0) is 78.4 Å². The highest BCUT2D eigenvalue weighted by atomic mass is 16.6. The summed E-state index contributed by atoms with van der Waals surface area (Å²) in [6, 6.07) is -1.39. The number of esters is 1. The highest BCUT2D eigenvalue weighted by Gasteiger charge is 2.48. The molecule has 0 spiro atoms. The second kappa shape index (κ2) is 43.8. The average molecular weight is 1460 g/mol. The maximum atomic E-state index is 15.7. The van der Waals surface area contributed by atoms with Gasteiger partial charge in [0.1, 0.15) is 54.7 Å². The Bertz CT molecular complexity index is 3060. The van der Waals surface area contributed by atoms with E-state index in [1.807, 2.05) is 78.0 Å². The zero-order valence-electron chi connectivity index (χ0n) is 67.8. The second-order valence-corrected chi connectivity index (χ2v) is 31.2. The average Bonchev–Trinajstić information content (AvgIpc) is 0.800. The molecule has 1 aliphatic heterocycles. The van der Waals surface area contributed by atoms with Crippen LogP contribution in [0.15, 0.2) is 42.5 Å². The zero-order valence-corrected chi connectivity index (χ0v) is 67.8. The van der Waals surface area contributed by atoms with Crippen molar-refractivity contribution in [3.05, 3.63) is 48.0 Å². The van der Waals surface area contributed by atoms with Crippen LogP contribution < -0.4 is 5.32 Å². The van der Waals surface area contributed by atoms with Crippen LogP contribution >= 0.6 is 0 Å². The molecule has 1 heterocycles. The molecule has 25 nitrogen and oxygen atoms in total. The molecule has 9 amide bonds. The number of ether oxygens (including phenoxy) is 3. The van der Waals surface area contributed by atoms with Gasteiger partial charge in [0.15, 0.2) is 11.6 Å². The molecule has 14 atom stereocenters. The molecule has 0 aromatic heterocycles. The first-order valence-corrected chi connectivity index (χ1v) is 37.4. The highest BCUT2D eigenvalue weighted by Crippen LogP contribution is 2.31. The molecular formula is C79H131N9O16. The predicted molar refractivity (Wildman–Crippen MR) is 401 cm³/mol. The Labute approximate surface area is 621 Å². The summed E-state index contributed by atoms with van der Waals surface area (Å²) < 4.78 is 17.3. The summed E-state index contributed by atoms with van der Waals surface area (Å²) in [6.45, 7) is 29.5. The van der Waals surface area contributed by atoms with Gasteiger partial charge in [0.05, 0.1) is 18.7 Å². The molecule has 0 bridgehead atoms. The minimum Gasteiger partial charge on any atom is -0.459 e. The van der Waals surface area contributed by atoms with Crippen LogP contribution in [0.1, 0.15) is 187 Å². The van der Waals surface area contributed by atoms with E-state index in [1.54, 1.807) is 75.3 Å². The van der Waals surface area contributed by atoms with Crippen molar-refractivity contribution in [1.82, 2.24) is 44.5 Å². The number of benzene rings is 1. The number of hydrogen-bond acceptors (Lipinski definition) is 16. The van der Waals surface area contributed by atoms with E-state index in [2.05, 4.69) is 5.32 Å². The lowest BCUT2D eigenvalue weighted by atomic mass is 9.83. The van der Waals surface area contributed by atoms with Crippen LogP contribution in [0.2, 0.25) is 0 Å². The maximum absolute atomic E-state index is 15.7. The van der Waals surface area contributed by atoms with Crippen molar-refractivity contribution < 1.29 is 76.5 Å². The summed E-state index contributed by atoms with van der Waals surface area (Å²) in [7, 11) is 13.0. The predicted octanol–water partition coefficient (Wildman–Crippen LogP) is 8.77. The van der Waals surface area contributed by atoms with Gasteiger partial charge in [-0.25, -0.2) is 4.79 Å². The van der Waals surface area contributed by atoms with Crippen LogP contribution in [0.5, 0.6) is 0 Å². The van der Waals surface area contributed by atoms with Crippen molar-refractivity contribution in [2.75, 3.05) is 76.6 Å². The fourth-order valence-corrected chi connectivity index (χ4v) is 14.0. The smallest absolute Gasteiger partial charge is 0.409 e. The monoisotopic (exact) mass is 1460 g/mol. The summed E-state index contributed by atoms with van der Waals surface area (Å²) in [6.07, 6.45) is 1.27. The standard InChI is InChI=1S/C79H131N9O16/c1-27-29-34-52(13)70(104-56(17)89)69-71(93)80-59(28-2)74(96)82(19)60(37-33-38-81(18)79(101)103-46-57-35-31-30-32-36-57)75(97)87(24)68(55(16)45-102-26)66(92)44-58(50(9)10)73(95)83(20)61(39-47(3)4)65(91)42-53(14)64(90)43-54(15)72(94)84(21)62(40-48(5)6)76(98)85(22)63(41-49(7)8)77(99)86(23)67(51(11)12)78(100)88(69)25/h27,29-32,35-36,47-55,58-63,67-70H,28,33-34,37-46H2,1-26H3,(H,80,93)/b29-27+/t52-,53-,54+,55-,58+,59+,60-,61+,62+,63+,67+,68?,69+,70-/m1/s1. The third kappa shape index (κ3) is 26.5. The Kier molecular flexibility index (Phi) is 38.9. The van der Waals surface area contributed by atoms with Gasteiger partial charge < -0.3 is 58.7 Å². The number of nitrogens with zero attached hydrogens (tertiary/aromatic N) is 8. The number of amides is 9. The number of nitrogens with one attached hydrogen (secondary N) is 1. The summed E-state index contributed by atoms with van der Waals surface area (Å²) in [5.74, 6) is -13.4. The van der Waals surface area contributed by atoms with Crippen molar-refractivity contribution in [2.45, 2.75) is 243 Å². The Hall–Kier alpha value is -7.57. The van der Waals surface area contributed by atoms with Crippen molar-refractivity contribution >= 4 is 76.7 Å².